The number of fused-ring (bicyclic) bond motifs is 2. The van der Waals surface area contributed by atoms with Crippen LogP contribution in [0.2, 0.25) is 0 Å². The molecule has 0 N–H and O–H groups in total. The van der Waals surface area contributed by atoms with Crippen molar-refractivity contribution >= 4 is 59.7 Å². The van der Waals surface area contributed by atoms with Gasteiger partial charge in [-0.1, -0.05) is 79.2 Å². The summed E-state index contributed by atoms with van der Waals surface area (Å²) < 4.78 is 15.2. The first-order valence-electron chi connectivity index (χ1n) is 13.0. The van der Waals surface area contributed by atoms with E-state index >= 15 is 0 Å². The number of aromatic nitrogens is 2. The summed E-state index contributed by atoms with van der Waals surface area (Å²) in [5, 5.41) is 7.42. The summed E-state index contributed by atoms with van der Waals surface area (Å²) in [5.74, 6) is 1.77. The molecule has 6 nitrogen and oxygen atoms in total. The highest BCUT2D eigenvalue weighted by Gasteiger charge is 2.23. The molecule has 0 unspecified atom stereocenters. The Morgan fingerprint density at radius 2 is 1.73 bits per heavy atom. The van der Waals surface area contributed by atoms with Gasteiger partial charge in [-0.05, 0) is 75.1 Å². The fraction of sp³-hybridized carbons (Fsp3) is 0.219. The van der Waals surface area contributed by atoms with Crippen LogP contribution in [-0.2, 0) is 12.0 Å². The van der Waals surface area contributed by atoms with Crippen LogP contribution in [0.4, 0.5) is 0 Å². The van der Waals surface area contributed by atoms with Crippen molar-refractivity contribution in [3.8, 4) is 11.5 Å². The number of halogens is 2. The molecule has 0 atom stereocenters. The molecule has 0 bridgehead atoms. The first kappa shape index (κ1) is 28.1. The fourth-order valence-corrected chi connectivity index (χ4v) is 5.43. The molecule has 8 heteroatoms. The predicted octanol–water partition coefficient (Wildman–Crippen LogP) is 8.23. The Kier molecular flexibility index (Phi) is 8.10. The van der Waals surface area contributed by atoms with Gasteiger partial charge in [0, 0.05) is 9.89 Å². The van der Waals surface area contributed by atoms with E-state index in [2.05, 4.69) is 61.2 Å². The van der Waals surface area contributed by atoms with E-state index in [1.54, 1.807) is 12.3 Å². The molecule has 0 spiro atoms. The molecule has 1 aromatic heterocycles. The van der Waals surface area contributed by atoms with Gasteiger partial charge < -0.3 is 9.47 Å². The molecule has 5 aromatic rings. The van der Waals surface area contributed by atoms with Gasteiger partial charge in [0.15, 0.2) is 11.5 Å². The molecule has 0 radical (unpaired) electrons. The molecular weight excluding hydrogens is 634 g/mol. The van der Waals surface area contributed by atoms with Crippen LogP contribution < -0.4 is 15.0 Å². The molecular formula is C32H29Br2N3O3. The quantitative estimate of drug-likeness (QED) is 0.165. The van der Waals surface area contributed by atoms with Gasteiger partial charge in [0.1, 0.15) is 12.4 Å². The number of ether oxygens (including phenoxy) is 2. The van der Waals surface area contributed by atoms with E-state index in [0.29, 0.717) is 41.4 Å². The van der Waals surface area contributed by atoms with E-state index < -0.39 is 5.41 Å². The summed E-state index contributed by atoms with van der Waals surface area (Å²) >= 11 is 7.12. The van der Waals surface area contributed by atoms with Gasteiger partial charge in [0.2, 0.25) is 0 Å². The Bertz CT molecular complexity index is 1800. The first-order valence-corrected chi connectivity index (χ1v) is 14.6. The van der Waals surface area contributed by atoms with Crippen molar-refractivity contribution in [3.05, 3.63) is 109 Å². The first-order chi connectivity index (χ1) is 19.2. The lowest BCUT2D eigenvalue weighted by Crippen LogP contribution is -2.29. The van der Waals surface area contributed by atoms with E-state index in [4.69, 9.17) is 14.5 Å². The molecule has 0 fully saturated rings. The minimum Gasteiger partial charge on any atom is -0.490 e. The number of benzene rings is 4. The maximum atomic E-state index is 13.5. The van der Waals surface area contributed by atoms with E-state index in [0.717, 1.165) is 25.5 Å². The Morgan fingerprint density at radius 3 is 2.50 bits per heavy atom. The van der Waals surface area contributed by atoms with Gasteiger partial charge >= 0.3 is 0 Å². The summed E-state index contributed by atoms with van der Waals surface area (Å²) in [6, 6.07) is 23.7. The Labute approximate surface area is 249 Å². The minimum absolute atomic E-state index is 0.230. The summed E-state index contributed by atoms with van der Waals surface area (Å²) in [5.41, 5.74) is 1.83. The van der Waals surface area contributed by atoms with E-state index in [1.165, 1.54) is 10.1 Å². The summed E-state index contributed by atoms with van der Waals surface area (Å²) in [6.45, 7) is 8.81. The van der Waals surface area contributed by atoms with Crippen LogP contribution in [0, 0.1) is 0 Å². The predicted molar refractivity (Wildman–Crippen MR) is 169 cm³/mol. The molecule has 0 saturated carbocycles. The fourth-order valence-electron chi connectivity index (χ4n) is 4.50. The largest absolute Gasteiger partial charge is 0.490 e. The molecule has 40 heavy (non-hydrogen) atoms. The molecule has 4 aromatic carbocycles. The molecule has 0 aliphatic carbocycles. The third-order valence-corrected chi connectivity index (χ3v) is 7.47. The van der Waals surface area contributed by atoms with Gasteiger partial charge in [0.25, 0.3) is 5.56 Å². The second-order valence-corrected chi connectivity index (χ2v) is 12.2. The second-order valence-electron chi connectivity index (χ2n) is 10.4. The van der Waals surface area contributed by atoms with Crippen LogP contribution in [0.5, 0.6) is 11.5 Å². The third-order valence-electron chi connectivity index (χ3n) is 6.39. The van der Waals surface area contributed by atoms with Gasteiger partial charge in [-0.3, -0.25) is 4.79 Å². The summed E-state index contributed by atoms with van der Waals surface area (Å²) in [4.78, 5) is 18.3. The topological polar surface area (TPSA) is 65.7 Å². The molecule has 5 rings (SSSR count). The van der Waals surface area contributed by atoms with Crippen LogP contribution in [0.15, 0.2) is 91.6 Å². The van der Waals surface area contributed by atoms with Crippen molar-refractivity contribution in [2.75, 3.05) is 6.61 Å². The van der Waals surface area contributed by atoms with Gasteiger partial charge in [-0.15, -0.1) is 0 Å². The molecule has 0 saturated heterocycles. The van der Waals surface area contributed by atoms with E-state index in [1.807, 2.05) is 70.2 Å². The number of nitrogens with zero attached hydrogens (tertiary/aromatic N) is 3. The Morgan fingerprint density at radius 1 is 0.950 bits per heavy atom. The third kappa shape index (κ3) is 5.83. The zero-order chi connectivity index (χ0) is 28.4. The van der Waals surface area contributed by atoms with Crippen molar-refractivity contribution in [1.29, 1.82) is 0 Å². The lowest BCUT2D eigenvalue weighted by molar-refractivity contribution is 0.268. The molecule has 0 aliphatic rings. The average molecular weight is 663 g/mol. The normalized spacial score (nSPS) is 11.9. The van der Waals surface area contributed by atoms with Crippen LogP contribution >= 0.6 is 31.9 Å². The maximum absolute atomic E-state index is 13.5. The van der Waals surface area contributed by atoms with Gasteiger partial charge in [-0.25, -0.2) is 4.98 Å². The molecule has 1 heterocycles. The monoisotopic (exact) mass is 661 g/mol. The average Bonchev–Trinajstić information content (AvgIpc) is 2.92. The van der Waals surface area contributed by atoms with Crippen molar-refractivity contribution in [3.63, 3.8) is 0 Å². The molecule has 204 valence electrons. The Hall–Kier alpha value is -3.49. The Balaban J connectivity index is 1.51. The van der Waals surface area contributed by atoms with Crippen LogP contribution in [0.3, 0.4) is 0 Å². The molecule has 0 aliphatic heterocycles. The van der Waals surface area contributed by atoms with E-state index in [9.17, 15) is 4.79 Å². The standard InChI is InChI=1S/C32H29Br2N3O3/c1-5-39-28-16-20(15-26(34)29(28)40-19-22-11-8-10-21-9-6-7-12-24(21)22)18-35-37-30(38)25-17-23(33)13-14-27(25)36-31(37)32(2,3)4/h6-18H,5,19H2,1-4H3. The highest BCUT2D eigenvalue weighted by atomic mass is 79.9. The minimum atomic E-state index is -0.409. The van der Waals surface area contributed by atoms with Crippen LogP contribution in [-0.4, -0.2) is 22.5 Å². The number of hydrogen-bond donors (Lipinski definition) is 0. The van der Waals surface area contributed by atoms with Gasteiger partial charge in [-0.2, -0.15) is 9.78 Å². The van der Waals surface area contributed by atoms with Crippen molar-refractivity contribution in [2.24, 2.45) is 5.10 Å². The van der Waals surface area contributed by atoms with Crippen molar-refractivity contribution < 1.29 is 9.47 Å². The van der Waals surface area contributed by atoms with E-state index in [-0.39, 0.29) is 5.56 Å². The van der Waals surface area contributed by atoms with Crippen molar-refractivity contribution in [2.45, 2.75) is 39.7 Å². The maximum Gasteiger partial charge on any atom is 0.282 e. The summed E-state index contributed by atoms with van der Waals surface area (Å²) in [6.07, 6.45) is 1.64. The van der Waals surface area contributed by atoms with Crippen molar-refractivity contribution in [1.82, 2.24) is 9.66 Å². The highest BCUT2D eigenvalue weighted by Crippen LogP contribution is 2.37. The van der Waals surface area contributed by atoms with Gasteiger partial charge in [0.05, 0.1) is 28.2 Å². The SMILES string of the molecule is CCOc1cc(C=Nn2c(C(C)(C)C)nc3ccc(Br)cc3c2=O)cc(Br)c1OCc1cccc2ccccc12. The molecule has 0 amide bonds. The zero-order valence-corrected chi connectivity index (χ0v) is 25.9. The number of hydrogen-bond acceptors (Lipinski definition) is 5. The summed E-state index contributed by atoms with van der Waals surface area (Å²) in [7, 11) is 0. The second kappa shape index (κ2) is 11.6. The zero-order valence-electron chi connectivity index (χ0n) is 22.7. The lowest BCUT2D eigenvalue weighted by atomic mass is 9.95. The van der Waals surface area contributed by atoms with Crippen LogP contribution in [0.1, 0.15) is 44.6 Å². The highest BCUT2D eigenvalue weighted by molar-refractivity contribution is 9.10. The van der Waals surface area contributed by atoms with Crippen LogP contribution in [0.25, 0.3) is 21.7 Å². The number of rotatable bonds is 7. The smallest absolute Gasteiger partial charge is 0.282 e. The lowest BCUT2D eigenvalue weighted by Gasteiger charge is -2.21.